The molecule has 0 radical (unpaired) electrons. The standard InChI is InChI=1S/C13H8Cl3N3O4/c14-8-10(9(15)12(16)18-11(8)13(22)23)19-17-4-5-1-2-6(20)3-7(5)21/h1-4,20-21H,(H,18,19)(H,22,23). The van der Waals surface area contributed by atoms with Crippen LogP contribution < -0.4 is 5.43 Å². The van der Waals surface area contributed by atoms with Crippen LogP contribution in [-0.2, 0) is 0 Å². The Morgan fingerprint density at radius 1 is 1.22 bits per heavy atom. The summed E-state index contributed by atoms with van der Waals surface area (Å²) in [5.41, 5.74) is 2.22. The van der Waals surface area contributed by atoms with Gasteiger partial charge in [0.1, 0.15) is 21.5 Å². The van der Waals surface area contributed by atoms with Gasteiger partial charge < -0.3 is 15.3 Å². The van der Waals surface area contributed by atoms with Crippen molar-refractivity contribution in [2.24, 2.45) is 5.10 Å². The number of aromatic carboxylic acids is 1. The minimum absolute atomic E-state index is 0.0414. The summed E-state index contributed by atoms with van der Waals surface area (Å²) >= 11 is 17.6. The molecule has 0 fully saturated rings. The van der Waals surface area contributed by atoms with Crippen molar-refractivity contribution in [1.29, 1.82) is 0 Å². The predicted molar refractivity (Wildman–Crippen MR) is 87.2 cm³/mol. The lowest BCUT2D eigenvalue weighted by molar-refractivity contribution is 0.0691. The summed E-state index contributed by atoms with van der Waals surface area (Å²) in [5, 5.41) is 31.0. The van der Waals surface area contributed by atoms with Crippen molar-refractivity contribution in [2.75, 3.05) is 5.43 Å². The van der Waals surface area contributed by atoms with Crippen LogP contribution in [0.15, 0.2) is 23.3 Å². The lowest BCUT2D eigenvalue weighted by atomic mass is 10.2. The summed E-state index contributed by atoms with van der Waals surface area (Å²) < 4.78 is 0. The van der Waals surface area contributed by atoms with Crippen molar-refractivity contribution < 1.29 is 20.1 Å². The first-order valence-electron chi connectivity index (χ1n) is 5.90. The van der Waals surface area contributed by atoms with Gasteiger partial charge in [0.05, 0.1) is 11.9 Å². The van der Waals surface area contributed by atoms with Crippen molar-refractivity contribution in [3.63, 3.8) is 0 Å². The third-order valence-corrected chi connectivity index (χ3v) is 3.74. The zero-order valence-electron chi connectivity index (χ0n) is 11.1. The van der Waals surface area contributed by atoms with Gasteiger partial charge in [-0.3, -0.25) is 5.43 Å². The van der Waals surface area contributed by atoms with Crippen LogP contribution in [0.2, 0.25) is 15.2 Å². The van der Waals surface area contributed by atoms with Gasteiger partial charge in [0.15, 0.2) is 10.8 Å². The molecule has 7 nitrogen and oxygen atoms in total. The number of phenols is 2. The quantitative estimate of drug-likeness (QED) is 0.368. The van der Waals surface area contributed by atoms with Crippen molar-refractivity contribution in [3.8, 4) is 11.5 Å². The van der Waals surface area contributed by atoms with Gasteiger partial charge in [0.25, 0.3) is 0 Å². The lowest BCUT2D eigenvalue weighted by Gasteiger charge is -2.09. The zero-order chi connectivity index (χ0) is 17.1. The number of carboxylic acids is 1. The van der Waals surface area contributed by atoms with E-state index in [0.717, 1.165) is 6.07 Å². The van der Waals surface area contributed by atoms with E-state index >= 15 is 0 Å². The molecular formula is C13H8Cl3N3O4. The van der Waals surface area contributed by atoms with E-state index < -0.39 is 11.7 Å². The zero-order valence-corrected chi connectivity index (χ0v) is 13.4. The molecule has 1 aromatic heterocycles. The number of aromatic hydroxyl groups is 2. The molecule has 0 amide bonds. The molecular weight excluding hydrogens is 369 g/mol. The van der Waals surface area contributed by atoms with E-state index in [4.69, 9.17) is 39.9 Å². The van der Waals surface area contributed by atoms with Gasteiger partial charge in [0.2, 0.25) is 0 Å². The van der Waals surface area contributed by atoms with Gasteiger partial charge in [-0.15, -0.1) is 0 Å². The van der Waals surface area contributed by atoms with Crippen molar-refractivity contribution in [1.82, 2.24) is 4.98 Å². The van der Waals surface area contributed by atoms with Crippen LogP contribution in [0, 0.1) is 0 Å². The van der Waals surface area contributed by atoms with Crippen LogP contribution in [0.25, 0.3) is 0 Å². The number of carboxylic acid groups (broad SMARTS) is 1. The lowest BCUT2D eigenvalue weighted by Crippen LogP contribution is -2.05. The number of halogens is 3. The number of phenolic OH excluding ortho intramolecular Hbond substituents is 2. The van der Waals surface area contributed by atoms with E-state index in [0.29, 0.717) is 5.56 Å². The van der Waals surface area contributed by atoms with Crippen LogP contribution in [0.3, 0.4) is 0 Å². The van der Waals surface area contributed by atoms with Crippen LogP contribution in [-0.4, -0.2) is 32.5 Å². The fourth-order valence-electron chi connectivity index (χ4n) is 1.56. The SMILES string of the molecule is O=C(O)c1nc(Cl)c(Cl)c(NN=Cc2ccc(O)cc2O)c1Cl. The van der Waals surface area contributed by atoms with Crippen molar-refractivity contribution in [2.45, 2.75) is 0 Å². The molecule has 23 heavy (non-hydrogen) atoms. The fraction of sp³-hybridized carbons (Fsp3) is 0. The molecule has 1 heterocycles. The Morgan fingerprint density at radius 2 is 1.91 bits per heavy atom. The van der Waals surface area contributed by atoms with E-state index in [9.17, 15) is 15.0 Å². The van der Waals surface area contributed by atoms with Crippen LogP contribution >= 0.6 is 34.8 Å². The van der Waals surface area contributed by atoms with E-state index in [1.54, 1.807) is 0 Å². The number of hydrogen-bond acceptors (Lipinski definition) is 6. The highest BCUT2D eigenvalue weighted by Gasteiger charge is 2.20. The molecule has 0 atom stereocenters. The molecule has 0 saturated carbocycles. The molecule has 0 unspecified atom stereocenters. The summed E-state index contributed by atoms with van der Waals surface area (Å²) in [7, 11) is 0. The number of nitrogens with zero attached hydrogens (tertiary/aromatic N) is 2. The average Bonchev–Trinajstić information content (AvgIpc) is 2.48. The largest absolute Gasteiger partial charge is 0.508 e. The molecule has 0 spiro atoms. The Kier molecular flexibility index (Phi) is 5.15. The smallest absolute Gasteiger partial charge is 0.356 e. The van der Waals surface area contributed by atoms with E-state index in [2.05, 4.69) is 15.5 Å². The molecule has 120 valence electrons. The maximum atomic E-state index is 11.0. The maximum absolute atomic E-state index is 11.0. The molecule has 10 heteroatoms. The first-order chi connectivity index (χ1) is 10.8. The first kappa shape index (κ1) is 17.1. The highest BCUT2D eigenvalue weighted by atomic mass is 35.5. The average molecular weight is 377 g/mol. The Bertz CT molecular complexity index is 812. The van der Waals surface area contributed by atoms with Gasteiger partial charge in [-0.1, -0.05) is 34.8 Å². The number of rotatable bonds is 4. The van der Waals surface area contributed by atoms with Gasteiger partial charge in [-0.2, -0.15) is 5.10 Å². The van der Waals surface area contributed by atoms with Gasteiger partial charge in [-0.25, -0.2) is 9.78 Å². The monoisotopic (exact) mass is 375 g/mol. The summed E-state index contributed by atoms with van der Waals surface area (Å²) in [6, 6.07) is 3.90. The van der Waals surface area contributed by atoms with Crippen molar-refractivity contribution in [3.05, 3.63) is 44.7 Å². The summed E-state index contributed by atoms with van der Waals surface area (Å²) in [5.74, 6) is -1.69. The Hall–Kier alpha value is -2.22. The van der Waals surface area contributed by atoms with Crippen LogP contribution in [0.5, 0.6) is 11.5 Å². The summed E-state index contributed by atoms with van der Waals surface area (Å²) in [4.78, 5) is 14.6. The highest BCUT2D eigenvalue weighted by molar-refractivity contribution is 6.46. The second kappa shape index (κ2) is 6.91. The molecule has 0 aliphatic carbocycles. The molecule has 0 aliphatic heterocycles. The minimum Gasteiger partial charge on any atom is -0.508 e. The highest BCUT2D eigenvalue weighted by Crippen LogP contribution is 2.36. The number of anilines is 1. The number of aromatic nitrogens is 1. The van der Waals surface area contributed by atoms with E-state index in [1.807, 2.05) is 0 Å². The molecule has 2 rings (SSSR count). The number of pyridine rings is 1. The number of hydrogen-bond donors (Lipinski definition) is 4. The Labute approximate surface area is 144 Å². The molecule has 2 aromatic rings. The van der Waals surface area contributed by atoms with Crippen LogP contribution in [0.4, 0.5) is 5.69 Å². The normalized spacial score (nSPS) is 10.9. The third kappa shape index (κ3) is 3.76. The molecule has 1 aromatic carbocycles. The Balaban J connectivity index is 2.33. The van der Waals surface area contributed by atoms with Gasteiger partial charge >= 0.3 is 5.97 Å². The first-order valence-corrected chi connectivity index (χ1v) is 7.03. The molecule has 0 saturated heterocycles. The van der Waals surface area contributed by atoms with E-state index in [-0.39, 0.29) is 32.4 Å². The second-order valence-corrected chi connectivity index (χ2v) is 5.29. The van der Waals surface area contributed by atoms with Crippen LogP contribution in [0.1, 0.15) is 16.1 Å². The molecule has 4 N–H and O–H groups in total. The minimum atomic E-state index is -1.38. The predicted octanol–water partition coefficient (Wildman–Crippen LogP) is 3.60. The Morgan fingerprint density at radius 3 is 2.52 bits per heavy atom. The number of hydrazone groups is 1. The maximum Gasteiger partial charge on any atom is 0.356 e. The van der Waals surface area contributed by atoms with Gasteiger partial charge in [0, 0.05) is 11.6 Å². The molecule has 0 bridgehead atoms. The van der Waals surface area contributed by atoms with E-state index in [1.165, 1.54) is 18.3 Å². The van der Waals surface area contributed by atoms with Gasteiger partial charge in [-0.05, 0) is 12.1 Å². The van der Waals surface area contributed by atoms with Crippen molar-refractivity contribution >= 4 is 52.7 Å². The summed E-state index contributed by atoms with van der Waals surface area (Å²) in [6.07, 6.45) is 1.22. The topological polar surface area (TPSA) is 115 Å². The number of carbonyl (C=O) groups is 1. The second-order valence-electron chi connectivity index (χ2n) is 4.17. The number of benzene rings is 1. The summed E-state index contributed by atoms with van der Waals surface area (Å²) in [6.45, 7) is 0. The fourth-order valence-corrected chi connectivity index (χ4v) is 2.23. The third-order valence-electron chi connectivity index (χ3n) is 2.63. The number of nitrogens with one attached hydrogen (secondary N) is 1. The molecule has 0 aliphatic rings.